The number of aryl methyl sites for hydroxylation is 2. The first-order chi connectivity index (χ1) is 12.5. The Morgan fingerprint density at radius 1 is 1.15 bits per heavy atom. The molecule has 0 fully saturated rings. The normalized spacial score (nSPS) is 16.1. The molecule has 1 aliphatic heterocycles. The van der Waals surface area contributed by atoms with Crippen LogP contribution < -0.4 is 15.8 Å². The van der Waals surface area contributed by atoms with E-state index < -0.39 is 11.4 Å². The molecule has 0 spiro atoms. The predicted molar refractivity (Wildman–Crippen MR) is 94.2 cm³/mol. The molecule has 0 saturated heterocycles. The Balaban J connectivity index is 2.34. The number of fused-ring (bicyclic) bond motifs is 6. The van der Waals surface area contributed by atoms with Gasteiger partial charge in [0.05, 0.1) is 10.9 Å². The summed E-state index contributed by atoms with van der Waals surface area (Å²) >= 11 is 0. The Morgan fingerprint density at radius 3 is 2.62 bits per heavy atom. The van der Waals surface area contributed by atoms with Crippen molar-refractivity contribution < 1.29 is 18.0 Å². The molecule has 0 saturated carbocycles. The van der Waals surface area contributed by atoms with Crippen LogP contribution in [0.2, 0.25) is 0 Å². The highest BCUT2D eigenvalue weighted by Crippen LogP contribution is 2.41. The molecule has 1 unspecified atom stereocenters. The average molecular weight is 355 g/mol. The zero-order valence-corrected chi connectivity index (χ0v) is 14.6. The van der Waals surface area contributed by atoms with E-state index in [1.165, 1.54) is 6.07 Å². The van der Waals surface area contributed by atoms with Gasteiger partial charge in [-0.25, -0.2) is 4.79 Å². The molecule has 0 bridgehead atoms. The van der Waals surface area contributed by atoms with E-state index in [2.05, 4.69) is 6.08 Å². The molecule has 26 heavy (non-hydrogen) atoms. The van der Waals surface area contributed by atoms with Gasteiger partial charge in [-0.2, -0.15) is 4.39 Å². The van der Waals surface area contributed by atoms with Gasteiger partial charge in [0.15, 0.2) is 16.6 Å². The minimum atomic E-state index is -1.11. The van der Waals surface area contributed by atoms with Gasteiger partial charge in [0.2, 0.25) is 5.82 Å². The van der Waals surface area contributed by atoms with E-state index in [1.807, 2.05) is 6.92 Å². The summed E-state index contributed by atoms with van der Waals surface area (Å²) in [5.74, 6) is -0.233. The monoisotopic (exact) mass is 355 g/mol. The molecule has 2 aromatic heterocycles. The highest BCUT2D eigenvalue weighted by molar-refractivity contribution is 6.08. The standard InChI is InChI=1S/C20H16FO5/c1-4-10-6-7-12-17(25-10)14-11(5-2)16(21)20(23)26-19(14)15-13(22)8-9(3)24-18(12)15/h6,8,10H,4-5H2,1-3H3. The van der Waals surface area contributed by atoms with E-state index >= 15 is 0 Å². The quantitative estimate of drug-likeness (QED) is 0.517. The molecule has 3 aromatic rings. The number of benzene rings is 1. The number of halogens is 1. The van der Waals surface area contributed by atoms with E-state index in [-0.39, 0.29) is 40.1 Å². The van der Waals surface area contributed by atoms with Crippen molar-refractivity contribution in [2.45, 2.75) is 39.7 Å². The van der Waals surface area contributed by atoms with Crippen LogP contribution in [0.3, 0.4) is 0 Å². The Labute approximate surface area is 147 Å². The summed E-state index contributed by atoms with van der Waals surface area (Å²) in [5, 5.41) is 0.387. The van der Waals surface area contributed by atoms with Crippen LogP contribution in [0.4, 0.5) is 4.39 Å². The molecule has 3 heterocycles. The maximum absolute atomic E-state index is 14.5. The summed E-state index contributed by atoms with van der Waals surface area (Å²) < 4.78 is 31.4. The van der Waals surface area contributed by atoms with E-state index in [0.717, 1.165) is 0 Å². The fourth-order valence-corrected chi connectivity index (χ4v) is 3.35. The summed E-state index contributed by atoms with van der Waals surface area (Å²) in [4.78, 5) is 24.6. The molecule has 0 amide bonds. The molecule has 5 nitrogen and oxygen atoms in total. The highest BCUT2D eigenvalue weighted by Gasteiger charge is 2.28. The van der Waals surface area contributed by atoms with Gasteiger partial charge in [0.25, 0.3) is 0 Å². The fraction of sp³-hybridized carbons (Fsp3) is 0.300. The molecule has 0 aliphatic carbocycles. The third-order valence-corrected chi connectivity index (χ3v) is 4.59. The van der Waals surface area contributed by atoms with Gasteiger partial charge in [0, 0.05) is 11.6 Å². The van der Waals surface area contributed by atoms with Crippen molar-refractivity contribution in [3.05, 3.63) is 61.6 Å². The minimum absolute atomic E-state index is 0.00527. The fourth-order valence-electron chi connectivity index (χ4n) is 3.35. The van der Waals surface area contributed by atoms with E-state index in [4.69, 9.17) is 13.6 Å². The molecular formula is C20H16FO5. The van der Waals surface area contributed by atoms with Crippen molar-refractivity contribution in [1.82, 2.24) is 0 Å². The van der Waals surface area contributed by atoms with Crippen molar-refractivity contribution in [1.29, 1.82) is 0 Å². The van der Waals surface area contributed by atoms with Crippen LogP contribution >= 0.6 is 0 Å². The van der Waals surface area contributed by atoms with Crippen LogP contribution in [0.25, 0.3) is 21.9 Å². The van der Waals surface area contributed by atoms with Crippen molar-refractivity contribution in [2.75, 3.05) is 0 Å². The van der Waals surface area contributed by atoms with Crippen molar-refractivity contribution in [3.63, 3.8) is 0 Å². The molecule has 0 N–H and O–H groups in total. The molecular weight excluding hydrogens is 339 g/mol. The van der Waals surface area contributed by atoms with Crippen molar-refractivity contribution in [2.24, 2.45) is 0 Å². The van der Waals surface area contributed by atoms with Crippen LogP contribution in [-0.2, 0) is 6.42 Å². The number of ether oxygens (including phenoxy) is 1. The SMILES string of the molecule is CCc1c(F)c(=O)oc2c1c1c(c3oc(C)cc(=O)c32)[C]=CC(CC)O1. The summed E-state index contributed by atoms with van der Waals surface area (Å²) in [5.41, 5.74) is -0.672. The predicted octanol–water partition coefficient (Wildman–Crippen LogP) is 3.79. The second-order valence-corrected chi connectivity index (χ2v) is 6.24. The van der Waals surface area contributed by atoms with Crippen LogP contribution in [0.5, 0.6) is 5.75 Å². The first-order valence-corrected chi connectivity index (χ1v) is 8.48. The highest BCUT2D eigenvalue weighted by atomic mass is 19.1. The second-order valence-electron chi connectivity index (χ2n) is 6.24. The largest absolute Gasteiger partial charge is 0.485 e. The van der Waals surface area contributed by atoms with Gasteiger partial charge in [-0.15, -0.1) is 0 Å². The number of rotatable bonds is 2. The van der Waals surface area contributed by atoms with Gasteiger partial charge in [-0.05, 0) is 31.9 Å². The minimum Gasteiger partial charge on any atom is -0.485 e. The number of hydrogen-bond acceptors (Lipinski definition) is 5. The lowest BCUT2D eigenvalue weighted by atomic mass is 9.97. The Hall–Kier alpha value is -2.89. The topological polar surface area (TPSA) is 69.7 Å². The first kappa shape index (κ1) is 16.6. The zero-order chi connectivity index (χ0) is 18.6. The third kappa shape index (κ3) is 2.21. The van der Waals surface area contributed by atoms with Crippen molar-refractivity contribution >= 4 is 21.9 Å². The summed E-state index contributed by atoms with van der Waals surface area (Å²) in [6, 6.07) is 1.31. The zero-order valence-electron chi connectivity index (χ0n) is 14.6. The van der Waals surface area contributed by atoms with E-state index in [1.54, 1.807) is 19.9 Å². The average Bonchev–Trinajstić information content (AvgIpc) is 2.62. The molecule has 1 aromatic carbocycles. The van der Waals surface area contributed by atoms with Crippen molar-refractivity contribution in [3.8, 4) is 5.75 Å². The smallest absolute Gasteiger partial charge is 0.372 e. The van der Waals surface area contributed by atoms with Crippen LogP contribution in [0, 0.1) is 18.8 Å². The molecule has 4 rings (SSSR count). The van der Waals surface area contributed by atoms with Crippen LogP contribution in [-0.4, -0.2) is 6.10 Å². The molecule has 1 atom stereocenters. The maximum atomic E-state index is 14.5. The van der Waals surface area contributed by atoms with Gasteiger partial charge >= 0.3 is 5.63 Å². The molecule has 6 heteroatoms. The second kappa shape index (κ2) is 5.83. The summed E-state index contributed by atoms with van der Waals surface area (Å²) in [7, 11) is 0. The molecule has 1 aliphatic rings. The third-order valence-electron chi connectivity index (χ3n) is 4.59. The Kier molecular flexibility index (Phi) is 3.72. The van der Waals surface area contributed by atoms with Crippen LogP contribution in [0.15, 0.2) is 30.6 Å². The van der Waals surface area contributed by atoms with E-state index in [0.29, 0.717) is 28.9 Å². The summed E-state index contributed by atoms with van der Waals surface area (Å²) in [6.07, 6.45) is 5.54. The van der Waals surface area contributed by atoms with Gasteiger partial charge in [-0.3, -0.25) is 4.79 Å². The molecule has 1 radical (unpaired) electrons. The lowest BCUT2D eigenvalue weighted by Crippen LogP contribution is -2.19. The maximum Gasteiger partial charge on any atom is 0.372 e. The lowest BCUT2D eigenvalue weighted by Gasteiger charge is -2.23. The van der Waals surface area contributed by atoms with E-state index in [9.17, 15) is 14.0 Å². The Bertz CT molecular complexity index is 1200. The molecule has 133 valence electrons. The summed E-state index contributed by atoms with van der Waals surface area (Å²) in [6.45, 7) is 5.33. The van der Waals surface area contributed by atoms with Crippen LogP contribution in [0.1, 0.15) is 37.2 Å². The first-order valence-electron chi connectivity index (χ1n) is 8.48. The van der Waals surface area contributed by atoms with Gasteiger partial charge in [0.1, 0.15) is 23.0 Å². The van der Waals surface area contributed by atoms with Gasteiger partial charge in [-0.1, -0.05) is 13.8 Å². The van der Waals surface area contributed by atoms with Gasteiger partial charge < -0.3 is 13.6 Å². The lowest BCUT2D eigenvalue weighted by molar-refractivity contribution is 0.241. The number of hydrogen-bond donors (Lipinski definition) is 0. The Morgan fingerprint density at radius 2 is 1.92 bits per heavy atom.